The van der Waals surface area contributed by atoms with Crippen molar-refractivity contribution >= 4 is 11.8 Å². The van der Waals surface area contributed by atoms with Gasteiger partial charge in [0.2, 0.25) is 11.8 Å². The van der Waals surface area contributed by atoms with Gasteiger partial charge in [0, 0.05) is 19.6 Å². The van der Waals surface area contributed by atoms with Gasteiger partial charge in [0.1, 0.15) is 6.42 Å². The van der Waals surface area contributed by atoms with E-state index in [-0.39, 0.29) is 18.2 Å². The van der Waals surface area contributed by atoms with Crippen molar-refractivity contribution in [3.8, 4) is 0 Å². The fraction of sp³-hybridized carbons (Fsp3) is 0.750. The summed E-state index contributed by atoms with van der Waals surface area (Å²) in [7, 11) is 0. The number of amides is 2. The zero-order chi connectivity index (χ0) is 14.2. The summed E-state index contributed by atoms with van der Waals surface area (Å²) in [5.41, 5.74) is 1.46. The summed E-state index contributed by atoms with van der Waals surface area (Å²) in [6.07, 6.45) is 11.5. The average Bonchev–Trinajstić information content (AvgIpc) is 2.49. The zero-order valence-corrected chi connectivity index (χ0v) is 12.3. The molecule has 0 aromatic rings. The maximum absolute atomic E-state index is 11.9. The maximum Gasteiger partial charge on any atom is 0.232 e. The highest BCUT2D eigenvalue weighted by atomic mass is 16.2. The van der Waals surface area contributed by atoms with Crippen LogP contribution in [0.3, 0.4) is 0 Å². The fourth-order valence-electron chi connectivity index (χ4n) is 2.95. The van der Waals surface area contributed by atoms with Crippen LogP contribution in [0.25, 0.3) is 0 Å². The van der Waals surface area contributed by atoms with E-state index in [9.17, 15) is 9.59 Å². The first kappa shape index (κ1) is 15.1. The Hall–Kier alpha value is -1.32. The average molecular weight is 278 g/mol. The molecule has 1 heterocycles. The lowest BCUT2D eigenvalue weighted by molar-refractivity contribution is -0.136. The second-order valence-corrected chi connectivity index (χ2v) is 5.83. The van der Waals surface area contributed by atoms with Crippen LogP contribution in [0.2, 0.25) is 0 Å². The Morgan fingerprint density at radius 1 is 1.10 bits per heavy atom. The number of nitrogens with one attached hydrogen (secondary N) is 1. The van der Waals surface area contributed by atoms with E-state index in [2.05, 4.69) is 11.4 Å². The van der Waals surface area contributed by atoms with E-state index in [1.165, 1.54) is 37.7 Å². The standard InChI is InChI=1S/C16H26N2O2/c19-15(13-16(20)18-11-5-2-6-12-18)17-10-9-14-7-3-1-4-8-14/h7H,1-6,8-13H2,(H,17,19). The van der Waals surface area contributed by atoms with Crippen molar-refractivity contribution in [1.82, 2.24) is 10.2 Å². The number of carbonyl (C=O) groups is 2. The number of rotatable bonds is 5. The lowest BCUT2D eigenvalue weighted by Gasteiger charge is -2.26. The van der Waals surface area contributed by atoms with Gasteiger partial charge < -0.3 is 10.2 Å². The van der Waals surface area contributed by atoms with Gasteiger partial charge in [-0.15, -0.1) is 0 Å². The number of nitrogens with zero attached hydrogens (tertiary/aromatic N) is 1. The highest BCUT2D eigenvalue weighted by Gasteiger charge is 2.18. The van der Waals surface area contributed by atoms with Crippen molar-refractivity contribution in [3.63, 3.8) is 0 Å². The maximum atomic E-state index is 11.9. The minimum Gasteiger partial charge on any atom is -0.355 e. The van der Waals surface area contributed by atoms with E-state index in [0.717, 1.165) is 32.4 Å². The predicted octanol–water partition coefficient (Wildman–Crippen LogP) is 2.40. The van der Waals surface area contributed by atoms with Gasteiger partial charge in [0.25, 0.3) is 0 Å². The Morgan fingerprint density at radius 3 is 2.60 bits per heavy atom. The van der Waals surface area contributed by atoms with Gasteiger partial charge >= 0.3 is 0 Å². The summed E-state index contributed by atoms with van der Waals surface area (Å²) in [5, 5.41) is 2.87. The summed E-state index contributed by atoms with van der Waals surface area (Å²) in [6, 6.07) is 0. The van der Waals surface area contributed by atoms with E-state index in [0.29, 0.717) is 6.54 Å². The third-order valence-corrected chi connectivity index (χ3v) is 4.17. The van der Waals surface area contributed by atoms with Gasteiger partial charge in [0.05, 0.1) is 0 Å². The molecule has 2 amide bonds. The second-order valence-electron chi connectivity index (χ2n) is 5.83. The lowest BCUT2D eigenvalue weighted by Crippen LogP contribution is -2.39. The zero-order valence-electron chi connectivity index (χ0n) is 12.3. The van der Waals surface area contributed by atoms with Gasteiger partial charge in [0.15, 0.2) is 0 Å². The molecule has 20 heavy (non-hydrogen) atoms. The van der Waals surface area contributed by atoms with Crippen LogP contribution < -0.4 is 5.32 Å². The van der Waals surface area contributed by atoms with Gasteiger partial charge in [-0.25, -0.2) is 0 Å². The summed E-state index contributed by atoms with van der Waals surface area (Å²) in [4.78, 5) is 25.5. The third kappa shape index (κ3) is 4.99. The van der Waals surface area contributed by atoms with Gasteiger partial charge in [-0.1, -0.05) is 11.6 Å². The molecule has 2 aliphatic rings. The second kappa shape index (κ2) is 8.08. The van der Waals surface area contributed by atoms with E-state index < -0.39 is 0 Å². The topological polar surface area (TPSA) is 49.4 Å². The Balaban J connectivity index is 1.62. The first-order chi connectivity index (χ1) is 9.75. The van der Waals surface area contributed by atoms with Crippen LogP contribution >= 0.6 is 0 Å². The molecule has 0 bridgehead atoms. The number of likely N-dealkylation sites (tertiary alicyclic amines) is 1. The van der Waals surface area contributed by atoms with E-state index >= 15 is 0 Å². The Morgan fingerprint density at radius 2 is 1.90 bits per heavy atom. The molecule has 0 saturated carbocycles. The number of piperidine rings is 1. The first-order valence-corrected chi connectivity index (χ1v) is 7.98. The lowest BCUT2D eigenvalue weighted by atomic mass is 9.97. The van der Waals surface area contributed by atoms with E-state index in [1.54, 1.807) is 0 Å². The van der Waals surface area contributed by atoms with Crippen LogP contribution in [0.1, 0.15) is 57.8 Å². The van der Waals surface area contributed by atoms with Crippen molar-refractivity contribution < 1.29 is 9.59 Å². The molecule has 1 saturated heterocycles. The molecule has 0 aromatic carbocycles. The monoisotopic (exact) mass is 278 g/mol. The molecule has 1 N–H and O–H groups in total. The van der Waals surface area contributed by atoms with Crippen LogP contribution in [-0.2, 0) is 9.59 Å². The molecular weight excluding hydrogens is 252 g/mol. The molecule has 4 heteroatoms. The molecule has 2 rings (SSSR count). The molecule has 0 aromatic heterocycles. The van der Waals surface area contributed by atoms with Crippen molar-refractivity contribution in [1.29, 1.82) is 0 Å². The Kier molecular flexibility index (Phi) is 6.09. The Labute approximate surface area is 121 Å². The van der Waals surface area contributed by atoms with Crippen LogP contribution in [0.5, 0.6) is 0 Å². The van der Waals surface area contributed by atoms with Crippen LogP contribution in [0.15, 0.2) is 11.6 Å². The van der Waals surface area contributed by atoms with Gasteiger partial charge in [-0.05, 0) is 51.4 Å². The van der Waals surface area contributed by atoms with Crippen molar-refractivity contribution in [2.24, 2.45) is 0 Å². The van der Waals surface area contributed by atoms with Crippen LogP contribution in [0, 0.1) is 0 Å². The van der Waals surface area contributed by atoms with Gasteiger partial charge in [-0.2, -0.15) is 0 Å². The summed E-state index contributed by atoms with van der Waals surface area (Å²) in [6.45, 7) is 2.30. The largest absolute Gasteiger partial charge is 0.355 e. The normalized spacial score (nSPS) is 19.4. The summed E-state index contributed by atoms with van der Waals surface area (Å²) >= 11 is 0. The summed E-state index contributed by atoms with van der Waals surface area (Å²) in [5.74, 6) is -0.143. The fourth-order valence-corrected chi connectivity index (χ4v) is 2.95. The predicted molar refractivity (Wildman–Crippen MR) is 79.2 cm³/mol. The summed E-state index contributed by atoms with van der Waals surface area (Å²) < 4.78 is 0. The number of hydrogen-bond acceptors (Lipinski definition) is 2. The third-order valence-electron chi connectivity index (χ3n) is 4.17. The molecule has 112 valence electrons. The van der Waals surface area contributed by atoms with Crippen LogP contribution in [-0.4, -0.2) is 36.3 Å². The van der Waals surface area contributed by atoms with Gasteiger partial charge in [-0.3, -0.25) is 9.59 Å². The molecule has 0 unspecified atom stereocenters. The highest BCUT2D eigenvalue weighted by molar-refractivity contribution is 5.96. The molecule has 0 atom stereocenters. The first-order valence-electron chi connectivity index (χ1n) is 7.98. The molecule has 4 nitrogen and oxygen atoms in total. The number of hydrogen-bond donors (Lipinski definition) is 1. The Bertz CT molecular complexity index is 371. The number of carbonyl (C=O) groups excluding carboxylic acids is 2. The molecular formula is C16H26N2O2. The quantitative estimate of drug-likeness (QED) is 0.620. The van der Waals surface area contributed by atoms with E-state index in [4.69, 9.17) is 0 Å². The minimum absolute atomic E-state index is 0.0129. The van der Waals surface area contributed by atoms with Crippen molar-refractivity contribution in [2.45, 2.75) is 57.8 Å². The molecule has 0 spiro atoms. The number of allylic oxidation sites excluding steroid dienone is 1. The minimum atomic E-state index is -0.128. The van der Waals surface area contributed by atoms with Crippen molar-refractivity contribution in [3.05, 3.63) is 11.6 Å². The van der Waals surface area contributed by atoms with Crippen LogP contribution in [0.4, 0.5) is 0 Å². The SMILES string of the molecule is O=C(CC(=O)N1CCCCC1)NCCC1=CCCCC1. The molecule has 1 aliphatic carbocycles. The molecule has 1 aliphatic heterocycles. The molecule has 0 radical (unpaired) electrons. The van der Waals surface area contributed by atoms with Crippen molar-refractivity contribution in [2.75, 3.05) is 19.6 Å². The molecule has 1 fully saturated rings. The highest BCUT2D eigenvalue weighted by Crippen LogP contribution is 2.19. The smallest absolute Gasteiger partial charge is 0.232 e. The van der Waals surface area contributed by atoms with E-state index in [1.807, 2.05) is 4.90 Å².